The van der Waals surface area contributed by atoms with Gasteiger partial charge >= 0.3 is 0 Å². The van der Waals surface area contributed by atoms with Crippen LogP contribution in [0.5, 0.6) is 0 Å². The number of benzene rings is 1. The summed E-state index contributed by atoms with van der Waals surface area (Å²) in [6, 6.07) is 8.04. The van der Waals surface area contributed by atoms with E-state index in [1.54, 1.807) is 6.08 Å². The molecular weight excluding hydrogens is 168 g/mol. The Morgan fingerprint density at radius 3 is 2.50 bits per heavy atom. The van der Waals surface area contributed by atoms with Gasteiger partial charge in [-0.05, 0) is 16.7 Å². The highest BCUT2D eigenvalue weighted by molar-refractivity contribution is 5.78. The molecule has 70 valence electrons. The topological polar surface area (TPSA) is 0 Å². The zero-order valence-electron chi connectivity index (χ0n) is 8.24. The number of rotatable bonds is 4. The molecule has 0 aliphatic heterocycles. The fraction of sp³-hybridized carbons (Fsp3) is 0. The van der Waals surface area contributed by atoms with Crippen molar-refractivity contribution < 1.29 is 0 Å². The Morgan fingerprint density at radius 2 is 1.86 bits per heavy atom. The van der Waals surface area contributed by atoms with Crippen molar-refractivity contribution in [1.82, 2.24) is 0 Å². The van der Waals surface area contributed by atoms with Gasteiger partial charge in [0.1, 0.15) is 0 Å². The highest BCUT2D eigenvalue weighted by Crippen LogP contribution is 2.19. The molecule has 0 fully saturated rings. The lowest BCUT2D eigenvalue weighted by Gasteiger charge is -2.04. The highest BCUT2D eigenvalue weighted by atomic mass is 14.0. The lowest BCUT2D eigenvalue weighted by molar-refractivity contribution is 1.59. The van der Waals surface area contributed by atoms with Crippen LogP contribution in [0.3, 0.4) is 0 Å². The minimum Gasteiger partial charge on any atom is -0.0991 e. The van der Waals surface area contributed by atoms with Crippen molar-refractivity contribution >= 4 is 11.6 Å². The molecule has 0 aliphatic carbocycles. The van der Waals surface area contributed by atoms with Gasteiger partial charge in [-0.3, -0.25) is 0 Å². The van der Waals surface area contributed by atoms with Crippen molar-refractivity contribution in [2.45, 2.75) is 0 Å². The summed E-state index contributed by atoms with van der Waals surface area (Å²) in [6.07, 6.45) is 7.39. The second-order valence-corrected chi connectivity index (χ2v) is 2.91. The van der Waals surface area contributed by atoms with Gasteiger partial charge in [0, 0.05) is 0 Å². The second kappa shape index (κ2) is 5.03. The van der Waals surface area contributed by atoms with Crippen LogP contribution in [0.4, 0.5) is 0 Å². The lowest BCUT2D eigenvalue weighted by atomic mass is 10.0. The predicted molar refractivity (Wildman–Crippen MR) is 64.9 cm³/mol. The Balaban J connectivity index is 3.05. The summed E-state index contributed by atoms with van der Waals surface area (Å²) in [5.74, 6) is 0. The standard InChI is InChI=1S/C14H14/c1-4-6-9-12(3)14-11-8-7-10-13(14)5-2/h4-11H,1-3H2. The van der Waals surface area contributed by atoms with Crippen molar-refractivity contribution in [3.8, 4) is 0 Å². The first-order valence-electron chi connectivity index (χ1n) is 4.49. The zero-order valence-corrected chi connectivity index (χ0v) is 8.24. The molecule has 0 heteroatoms. The SMILES string of the molecule is C=CC=CC(=C)c1ccccc1C=C. The second-order valence-electron chi connectivity index (χ2n) is 2.91. The Kier molecular flexibility index (Phi) is 3.69. The molecule has 0 unspecified atom stereocenters. The summed E-state index contributed by atoms with van der Waals surface area (Å²) in [5, 5.41) is 0. The Morgan fingerprint density at radius 1 is 1.14 bits per heavy atom. The minimum absolute atomic E-state index is 0.973. The van der Waals surface area contributed by atoms with Crippen molar-refractivity contribution in [2.24, 2.45) is 0 Å². The third-order valence-corrected chi connectivity index (χ3v) is 1.96. The average molecular weight is 182 g/mol. The quantitative estimate of drug-likeness (QED) is 0.615. The molecule has 0 amide bonds. The van der Waals surface area contributed by atoms with E-state index in [4.69, 9.17) is 0 Å². The van der Waals surface area contributed by atoms with E-state index >= 15 is 0 Å². The van der Waals surface area contributed by atoms with E-state index in [0.717, 1.165) is 16.7 Å². The number of allylic oxidation sites excluding steroid dienone is 4. The maximum Gasteiger partial charge on any atom is -0.0118 e. The van der Waals surface area contributed by atoms with Gasteiger partial charge in [-0.1, -0.05) is 68.3 Å². The van der Waals surface area contributed by atoms with Gasteiger partial charge in [0.15, 0.2) is 0 Å². The number of hydrogen-bond acceptors (Lipinski definition) is 0. The van der Waals surface area contributed by atoms with Gasteiger partial charge in [0.25, 0.3) is 0 Å². The molecule has 0 saturated heterocycles. The normalized spacial score (nSPS) is 10.0. The van der Waals surface area contributed by atoms with Gasteiger partial charge in [0.05, 0.1) is 0 Å². The van der Waals surface area contributed by atoms with E-state index in [9.17, 15) is 0 Å². The van der Waals surface area contributed by atoms with Gasteiger partial charge in [-0.2, -0.15) is 0 Å². The van der Waals surface area contributed by atoms with Gasteiger partial charge < -0.3 is 0 Å². The summed E-state index contributed by atoms with van der Waals surface area (Å²) in [4.78, 5) is 0. The van der Waals surface area contributed by atoms with Gasteiger partial charge in [-0.25, -0.2) is 0 Å². The molecule has 0 atom stereocenters. The van der Waals surface area contributed by atoms with Crippen LogP contribution in [0.25, 0.3) is 11.6 Å². The summed E-state index contributed by atoms with van der Waals surface area (Å²) in [6.45, 7) is 11.4. The molecule has 0 heterocycles. The highest BCUT2D eigenvalue weighted by Gasteiger charge is 1.98. The van der Waals surface area contributed by atoms with Crippen LogP contribution in [0, 0.1) is 0 Å². The summed E-state index contributed by atoms with van der Waals surface area (Å²) in [7, 11) is 0. The van der Waals surface area contributed by atoms with Crippen LogP contribution in [-0.4, -0.2) is 0 Å². The third-order valence-electron chi connectivity index (χ3n) is 1.96. The first-order chi connectivity index (χ1) is 6.79. The van der Waals surface area contributed by atoms with E-state index in [-0.39, 0.29) is 0 Å². The molecule has 0 bridgehead atoms. The molecule has 1 aromatic carbocycles. The van der Waals surface area contributed by atoms with Crippen LogP contribution in [0.1, 0.15) is 11.1 Å². The zero-order chi connectivity index (χ0) is 10.4. The number of hydrogen-bond donors (Lipinski definition) is 0. The smallest absolute Gasteiger partial charge is 0.0118 e. The van der Waals surface area contributed by atoms with Gasteiger partial charge in [-0.15, -0.1) is 0 Å². The summed E-state index contributed by atoms with van der Waals surface area (Å²) < 4.78 is 0. The van der Waals surface area contributed by atoms with Crippen molar-refractivity contribution in [1.29, 1.82) is 0 Å². The average Bonchev–Trinajstić information content (AvgIpc) is 2.25. The minimum atomic E-state index is 0.973. The van der Waals surface area contributed by atoms with E-state index in [2.05, 4.69) is 19.7 Å². The Bertz CT molecular complexity index is 381. The summed E-state index contributed by atoms with van der Waals surface area (Å²) >= 11 is 0. The monoisotopic (exact) mass is 182 g/mol. The van der Waals surface area contributed by atoms with Crippen molar-refractivity contribution in [2.75, 3.05) is 0 Å². The first-order valence-corrected chi connectivity index (χ1v) is 4.49. The molecule has 1 aromatic rings. The van der Waals surface area contributed by atoms with Crippen LogP contribution in [-0.2, 0) is 0 Å². The molecule has 0 saturated carbocycles. The molecule has 1 rings (SSSR count). The van der Waals surface area contributed by atoms with E-state index in [1.807, 2.05) is 42.5 Å². The molecular formula is C14H14. The molecule has 0 aromatic heterocycles. The molecule has 0 spiro atoms. The molecule has 0 nitrogen and oxygen atoms in total. The Hall–Kier alpha value is -1.82. The largest absolute Gasteiger partial charge is 0.0991 e. The van der Waals surface area contributed by atoms with Crippen molar-refractivity contribution in [3.63, 3.8) is 0 Å². The van der Waals surface area contributed by atoms with Crippen molar-refractivity contribution in [3.05, 3.63) is 73.4 Å². The predicted octanol–water partition coefficient (Wildman–Crippen LogP) is 4.09. The molecule has 14 heavy (non-hydrogen) atoms. The molecule has 0 radical (unpaired) electrons. The molecule has 0 aliphatic rings. The summed E-state index contributed by atoms with van der Waals surface area (Å²) in [5.41, 5.74) is 3.19. The maximum atomic E-state index is 3.99. The van der Waals surface area contributed by atoms with Crippen LogP contribution in [0.2, 0.25) is 0 Å². The third kappa shape index (κ3) is 2.33. The lowest BCUT2D eigenvalue weighted by Crippen LogP contribution is -1.83. The fourth-order valence-electron chi connectivity index (χ4n) is 1.24. The fourth-order valence-corrected chi connectivity index (χ4v) is 1.24. The van der Waals surface area contributed by atoms with Crippen LogP contribution < -0.4 is 0 Å². The maximum absolute atomic E-state index is 3.99. The van der Waals surface area contributed by atoms with Crippen LogP contribution >= 0.6 is 0 Å². The molecule has 0 N–H and O–H groups in total. The van der Waals surface area contributed by atoms with E-state index < -0.39 is 0 Å². The van der Waals surface area contributed by atoms with Crippen LogP contribution in [0.15, 0.2) is 62.2 Å². The first kappa shape index (κ1) is 10.3. The van der Waals surface area contributed by atoms with Gasteiger partial charge in [0.2, 0.25) is 0 Å². The van der Waals surface area contributed by atoms with E-state index in [1.165, 1.54) is 0 Å². The Labute approximate surface area is 85.6 Å². The van der Waals surface area contributed by atoms with E-state index in [0.29, 0.717) is 0 Å².